The average molecular weight is 183 g/mol. The first kappa shape index (κ1) is 10.4. The summed E-state index contributed by atoms with van der Waals surface area (Å²) in [5.74, 6) is 0. The minimum absolute atomic E-state index is 0.172. The monoisotopic (exact) mass is 183 g/mol. The molecule has 3 nitrogen and oxygen atoms in total. The van der Waals surface area contributed by atoms with E-state index in [1.54, 1.807) is 0 Å². The van der Waals surface area contributed by atoms with E-state index in [1.807, 2.05) is 6.34 Å². The van der Waals surface area contributed by atoms with Crippen molar-refractivity contribution in [1.82, 2.24) is 9.91 Å². The van der Waals surface area contributed by atoms with Gasteiger partial charge < -0.3 is 4.90 Å². The molecule has 13 heavy (non-hydrogen) atoms. The summed E-state index contributed by atoms with van der Waals surface area (Å²) in [4.78, 5) is 2.29. The van der Waals surface area contributed by atoms with Crippen molar-refractivity contribution in [2.24, 2.45) is 5.10 Å². The van der Waals surface area contributed by atoms with Crippen molar-refractivity contribution in [2.75, 3.05) is 6.54 Å². The largest absolute Gasteiger partial charge is 0.335 e. The van der Waals surface area contributed by atoms with Gasteiger partial charge in [-0.15, -0.1) is 0 Å². The van der Waals surface area contributed by atoms with Gasteiger partial charge in [0.05, 0.1) is 0 Å². The zero-order valence-electron chi connectivity index (χ0n) is 9.41. The lowest BCUT2D eigenvalue weighted by Gasteiger charge is -2.37. The van der Waals surface area contributed by atoms with Gasteiger partial charge in [0, 0.05) is 12.1 Å². The molecule has 0 aromatic rings. The normalized spacial score (nSPS) is 23.0. The third-order valence-electron chi connectivity index (χ3n) is 2.39. The maximum atomic E-state index is 4.39. The molecule has 0 amide bonds. The summed E-state index contributed by atoms with van der Waals surface area (Å²) in [6, 6.07) is 0. The standard InChI is InChI=1S/C10H21N3/c1-6-7-13-9(2)12(8-11-13)10(3,4)5/h8-9H,6-7H2,1-5H3. The highest BCUT2D eigenvalue weighted by Gasteiger charge is 2.30. The van der Waals surface area contributed by atoms with Crippen LogP contribution in [-0.4, -0.2) is 34.5 Å². The molecule has 1 aliphatic heterocycles. The molecule has 0 saturated heterocycles. The molecule has 76 valence electrons. The molecule has 1 aliphatic rings. The van der Waals surface area contributed by atoms with Gasteiger partial charge >= 0.3 is 0 Å². The van der Waals surface area contributed by atoms with Crippen LogP contribution >= 0.6 is 0 Å². The zero-order valence-corrected chi connectivity index (χ0v) is 9.41. The van der Waals surface area contributed by atoms with Crippen LogP contribution in [0.15, 0.2) is 5.10 Å². The van der Waals surface area contributed by atoms with E-state index in [0.717, 1.165) is 13.0 Å². The summed E-state index contributed by atoms with van der Waals surface area (Å²) in [6.07, 6.45) is 3.51. The van der Waals surface area contributed by atoms with Crippen LogP contribution in [0.5, 0.6) is 0 Å². The highest BCUT2D eigenvalue weighted by molar-refractivity contribution is 5.58. The predicted molar refractivity (Wildman–Crippen MR) is 56.5 cm³/mol. The van der Waals surface area contributed by atoms with Crippen molar-refractivity contribution >= 4 is 6.34 Å². The molecule has 1 atom stereocenters. The third kappa shape index (κ3) is 2.14. The van der Waals surface area contributed by atoms with E-state index >= 15 is 0 Å². The predicted octanol–water partition coefficient (Wildman–Crippen LogP) is 2.10. The molecule has 0 aliphatic carbocycles. The van der Waals surface area contributed by atoms with Crippen LogP contribution in [-0.2, 0) is 0 Å². The van der Waals surface area contributed by atoms with Crippen LogP contribution < -0.4 is 0 Å². The lowest BCUT2D eigenvalue weighted by Crippen LogP contribution is -2.47. The molecule has 1 rings (SSSR count). The molecule has 0 aromatic heterocycles. The molecule has 3 heteroatoms. The molecule has 0 radical (unpaired) electrons. The highest BCUT2D eigenvalue weighted by atomic mass is 15.6. The fraction of sp³-hybridized carbons (Fsp3) is 0.900. The summed E-state index contributed by atoms with van der Waals surface area (Å²) in [5.41, 5.74) is 0.172. The van der Waals surface area contributed by atoms with E-state index in [-0.39, 0.29) is 5.54 Å². The van der Waals surface area contributed by atoms with Gasteiger partial charge in [0.1, 0.15) is 12.5 Å². The number of nitrogens with zero attached hydrogens (tertiary/aromatic N) is 3. The van der Waals surface area contributed by atoms with Gasteiger partial charge in [0.2, 0.25) is 0 Å². The van der Waals surface area contributed by atoms with Gasteiger partial charge in [-0.05, 0) is 34.1 Å². The third-order valence-corrected chi connectivity index (χ3v) is 2.39. The number of hydrogen-bond donors (Lipinski definition) is 0. The van der Waals surface area contributed by atoms with E-state index in [4.69, 9.17) is 0 Å². The van der Waals surface area contributed by atoms with Crippen molar-refractivity contribution in [3.8, 4) is 0 Å². The Hall–Kier alpha value is -0.730. The van der Waals surface area contributed by atoms with Gasteiger partial charge in [0.25, 0.3) is 0 Å². The Balaban J connectivity index is 2.61. The maximum Gasteiger partial charge on any atom is 0.116 e. The van der Waals surface area contributed by atoms with E-state index < -0.39 is 0 Å². The van der Waals surface area contributed by atoms with E-state index in [1.165, 1.54) is 0 Å². The SMILES string of the molecule is CCCN1N=CN(C(C)(C)C)C1C. The Labute approximate surface area is 81.4 Å². The Bertz CT molecular complexity index is 193. The van der Waals surface area contributed by atoms with Crippen LogP contribution in [0.4, 0.5) is 0 Å². The lowest BCUT2D eigenvalue weighted by molar-refractivity contribution is 0.0895. The van der Waals surface area contributed by atoms with Gasteiger partial charge in [-0.2, -0.15) is 5.10 Å². The summed E-state index contributed by atoms with van der Waals surface area (Å²) >= 11 is 0. The molecule has 0 fully saturated rings. The van der Waals surface area contributed by atoms with Crippen LogP contribution in [0.3, 0.4) is 0 Å². The number of rotatable bonds is 2. The Morgan fingerprint density at radius 2 is 2.00 bits per heavy atom. The molecule has 0 N–H and O–H groups in total. The minimum Gasteiger partial charge on any atom is -0.335 e. The summed E-state index contributed by atoms with van der Waals surface area (Å²) in [5, 5.41) is 6.53. The number of hydrogen-bond acceptors (Lipinski definition) is 3. The van der Waals surface area contributed by atoms with Gasteiger partial charge in [-0.25, -0.2) is 0 Å². The molecule has 0 aromatic carbocycles. The Morgan fingerprint density at radius 1 is 1.38 bits per heavy atom. The topological polar surface area (TPSA) is 18.8 Å². The lowest BCUT2D eigenvalue weighted by atomic mass is 10.1. The van der Waals surface area contributed by atoms with Crippen molar-refractivity contribution in [3.63, 3.8) is 0 Å². The van der Waals surface area contributed by atoms with E-state index in [2.05, 4.69) is 49.6 Å². The molecular formula is C10H21N3. The first-order valence-corrected chi connectivity index (χ1v) is 5.06. The van der Waals surface area contributed by atoms with Crippen molar-refractivity contribution in [3.05, 3.63) is 0 Å². The van der Waals surface area contributed by atoms with E-state index in [0.29, 0.717) is 6.17 Å². The quantitative estimate of drug-likeness (QED) is 0.653. The Kier molecular flexibility index (Phi) is 2.84. The summed E-state index contributed by atoms with van der Waals surface area (Å²) < 4.78 is 0. The zero-order chi connectivity index (χ0) is 10.1. The first-order chi connectivity index (χ1) is 5.96. The second-order valence-corrected chi connectivity index (χ2v) is 4.60. The van der Waals surface area contributed by atoms with Crippen molar-refractivity contribution < 1.29 is 0 Å². The summed E-state index contributed by atoms with van der Waals surface area (Å²) in [7, 11) is 0. The van der Waals surface area contributed by atoms with Crippen LogP contribution in [0.2, 0.25) is 0 Å². The molecule has 0 saturated carbocycles. The minimum atomic E-state index is 0.172. The van der Waals surface area contributed by atoms with Gasteiger partial charge in [-0.1, -0.05) is 6.92 Å². The molecule has 1 heterocycles. The smallest absolute Gasteiger partial charge is 0.116 e. The second kappa shape index (κ2) is 3.56. The summed E-state index contributed by atoms with van der Waals surface area (Å²) in [6.45, 7) is 12.1. The van der Waals surface area contributed by atoms with Crippen LogP contribution in [0.1, 0.15) is 41.0 Å². The average Bonchev–Trinajstić information content (AvgIpc) is 2.32. The number of hydrazone groups is 1. The maximum absolute atomic E-state index is 4.39. The van der Waals surface area contributed by atoms with Gasteiger partial charge in [0.15, 0.2) is 0 Å². The van der Waals surface area contributed by atoms with Crippen molar-refractivity contribution in [2.45, 2.75) is 52.7 Å². The second-order valence-electron chi connectivity index (χ2n) is 4.60. The van der Waals surface area contributed by atoms with Crippen LogP contribution in [0.25, 0.3) is 0 Å². The first-order valence-electron chi connectivity index (χ1n) is 5.06. The molecule has 0 bridgehead atoms. The van der Waals surface area contributed by atoms with Gasteiger partial charge in [-0.3, -0.25) is 5.01 Å². The fourth-order valence-electron chi connectivity index (χ4n) is 1.67. The van der Waals surface area contributed by atoms with Crippen LogP contribution in [0, 0.1) is 0 Å². The Morgan fingerprint density at radius 3 is 2.38 bits per heavy atom. The fourth-order valence-corrected chi connectivity index (χ4v) is 1.67. The highest BCUT2D eigenvalue weighted by Crippen LogP contribution is 2.21. The molecule has 1 unspecified atom stereocenters. The molecular weight excluding hydrogens is 162 g/mol. The van der Waals surface area contributed by atoms with Crippen molar-refractivity contribution in [1.29, 1.82) is 0 Å². The van der Waals surface area contributed by atoms with E-state index in [9.17, 15) is 0 Å². The molecule has 0 spiro atoms.